The third-order valence-corrected chi connectivity index (χ3v) is 6.04. The fourth-order valence-corrected chi connectivity index (χ4v) is 4.48. The van der Waals surface area contributed by atoms with E-state index < -0.39 is 10.0 Å². The SMILES string of the molecule is Cl.N#Cc1ccc(S(=O)(=O)N2CCCCC2CNC(=O)CCN)cc1. The zero-order valence-corrected chi connectivity index (χ0v) is 15.5. The van der Waals surface area contributed by atoms with Crippen molar-refractivity contribution in [2.24, 2.45) is 5.73 Å². The summed E-state index contributed by atoms with van der Waals surface area (Å²) in [5, 5.41) is 11.6. The molecule has 7 nitrogen and oxygen atoms in total. The molecule has 1 aromatic rings. The predicted octanol–water partition coefficient (Wildman–Crippen LogP) is 0.988. The molecule has 9 heteroatoms. The monoisotopic (exact) mass is 386 g/mol. The van der Waals surface area contributed by atoms with Crippen LogP contribution in [0.5, 0.6) is 0 Å². The van der Waals surface area contributed by atoms with Crippen molar-refractivity contribution >= 4 is 28.3 Å². The number of sulfonamides is 1. The molecule has 1 aliphatic rings. The number of nitrogens with zero attached hydrogens (tertiary/aromatic N) is 2. The molecular weight excluding hydrogens is 364 g/mol. The van der Waals surface area contributed by atoms with Crippen molar-refractivity contribution in [1.29, 1.82) is 5.26 Å². The first-order valence-electron chi connectivity index (χ1n) is 7.98. The van der Waals surface area contributed by atoms with Gasteiger partial charge in [0, 0.05) is 32.1 Å². The second-order valence-corrected chi connectivity index (χ2v) is 7.63. The Bertz CT molecular complexity index is 716. The molecule has 0 spiro atoms. The molecule has 138 valence electrons. The Morgan fingerprint density at radius 1 is 1.32 bits per heavy atom. The van der Waals surface area contributed by atoms with Gasteiger partial charge in [-0.3, -0.25) is 4.79 Å². The van der Waals surface area contributed by atoms with Gasteiger partial charge >= 0.3 is 0 Å². The molecule has 0 radical (unpaired) electrons. The first-order valence-corrected chi connectivity index (χ1v) is 9.42. The van der Waals surface area contributed by atoms with Crippen LogP contribution in [0.25, 0.3) is 0 Å². The summed E-state index contributed by atoms with van der Waals surface area (Å²) >= 11 is 0. The molecule has 0 aromatic heterocycles. The average Bonchev–Trinajstić information content (AvgIpc) is 2.60. The molecule has 1 atom stereocenters. The highest BCUT2D eigenvalue weighted by atomic mass is 35.5. The Kier molecular flexibility index (Phi) is 8.32. The number of piperidine rings is 1. The van der Waals surface area contributed by atoms with Crippen LogP contribution in [0.2, 0.25) is 0 Å². The largest absolute Gasteiger partial charge is 0.354 e. The van der Waals surface area contributed by atoms with Crippen LogP contribution in [0.4, 0.5) is 0 Å². The Morgan fingerprint density at radius 2 is 2.00 bits per heavy atom. The van der Waals surface area contributed by atoms with Gasteiger partial charge in [0.2, 0.25) is 15.9 Å². The summed E-state index contributed by atoms with van der Waals surface area (Å²) in [5.74, 6) is -0.168. The third-order valence-electron chi connectivity index (χ3n) is 4.07. The van der Waals surface area contributed by atoms with Crippen LogP contribution in [-0.4, -0.2) is 44.3 Å². The highest BCUT2D eigenvalue weighted by molar-refractivity contribution is 7.89. The Labute approximate surface area is 154 Å². The van der Waals surface area contributed by atoms with Gasteiger partial charge in [-0.15, -0.1) is 12.4 Å². The maximum absolute atomic E-state index is 12.9. The van der Waals surface area contributed by atoms with E-state index in [0.717, 1.165) is 12.8 Å². The fourth-order valence-electron chi connectivity index (χ4n) is 2.78. The molecule has 3 N–H and O–H groups in total. The van der Waals surface area contributed by atoms with Crippen molar-refractivity contribution in [3.8, 4) is 6.07 Å². The molecule has 1 heterocycles. The topological polar surface area (TPSA) is 116 Å². The van der Waals surface area contributed by atoms with E-state index in [2.05, 4.69) is 5.32 Å². The van der Waals surface area contributed by atoms with Crippen molar-refractivity contribution in [2.75, 3.05) is 19.6 Å². The second kappa shape index (κ2) is 9.73. The van der Waals surface area contributed by atoms with Gasteiger partial charge < -0.3 is 11.1 Å². The van der Waals surface area contributed by atoms with E-state index in [-0.39, 0.29) is 48.8 Å². The molecule has 1 amide bonds. The Hall–Kier alpha value is -1.66. The molecule has 1 unspecified atom stereocenters. The van der Waals surface area contributed by atoms with Gasteiger partial charge in [-0.1, -0.05) is 6.42 Å². The van der Waals surface area contributed by atoms with Gasteiger partial charge in [0.1, 0.15) is 0 Å². The van der Waals surface area contributed by atoms with Gasteiger partial charge in [0.25, 0.3) is 0 Å². The quantitative estimate of drug-likeness (QED) is 0.756. The van der Waals surface area contributed by atoms with E-state index in [1.165, 1.54) is 28.6 Å². The van der Waals surface area contributed by atoms with Gasteiger partial charge in [-0.2, -0.15) is 9.57 Å². The summed E-state index contributed by atoms with van der Waals surface area (Å²) in [4.78, 5) is 11.8. The first-order chi connectivity index (χ1) is 11.5. The number of carbonyl (C=O) groups is 1. The first kappa shape index (κ1) is 21.4. The zero-order chi connectivity index (χ0) is 17.6. The molecule has 1 aromatic carbocycles. The smallest absolute Gasteiger partial charge is 0.243 e. The van der Waals surface area contributed by atoms with Crippen LogP contribution >= 0.6 is 12.4 Å². The molecule has 0 bridgehead atoms. The van der Waals surface area contributed by atoms with Gasteiger partial charge in [0.05, 0.1) is 16.5 Å². The Balaban J connectivity index is 0.00000312. The van der Waals surface area contributed by atoms with Gasteiger partial charge in [-0.05, 0) is 37.1 Å². The summed E-state index contributed by atoms with van der Waals surface area (Å²) in [6.07, 6.45) is 2.66. The minimum Gasteiger partial charge on any atom is -0.354 e. The van der Waals surface area contributed by atoms with Crippen molar-refractivity contribution in [1.82, 2.24) is 9.62 Å². The number of benzene rings is 1. The maximum atomic E-state index is 12.9. The number of nitrogens with one attached hydrogen (secondary N) is 1. The van der Waals surface area contributed by atoms with Gasteiger partial charge in [-0.25, -0.2) is 8.42 Å². The van der Waals surface area contributed by atoms with Crippen LogP contribution in [-0.2, 0) is 14.8 Å². The third kappa shape index (κ3) is 5.41. The van der Waals surface area contributed by atoms with Gasteiger partial charge in [0.15, 0.2) is 0 Å². The standard InChI is InChI=1S/C16H22N4O3S.ClH/c17-9-8-16(21)19-12-14-3-1-2-10-20(14)24(22,23)15-6-4-13(11-18)5-7-15;/h4-7,14H,1-3,8-10,12,17H2,(H,19,21);1H. The number of hydrogen-bond acceptors (Lipinski definition) is 5. The van der Waals surface area contributed by atoms with Crippen molar-refractivity contribution in [3.05, 3.63) is 29.8 Å². The number of hydrogen-bond donors (Lipinski definition) is 2. The molecule has 1 fully saturated rings. The number of carbonyl (C=O) groups excluding carboxylic acids is 1. The molecule has 2 rings (SSSR count). The lowest BCUT2D eigenvalue weighted by molar-refractivity contribution is -0.121. The lowest BCUT2D eigenvalue weighted by Gasteiger charge is -2.34. The van der Waals surface area contributed by atoms with E-state index in [1.54, 1.807) is 0 Å². The van der Waals surface area contributed by atoms with Crippen LogP contribution < -0.4 is 11.1 Å². The summed E-state index contributed by atoms with van der Waals surface area (Å²) in [6.45, 7) is 0.984. The highest BCUT2D eigenvalue weighted by Gasteiger charge is 2.33. The molecule has 1 aliphatic heterocycles. The lowest BCUT2D eigenvalue weighted by atomic mass is 10.1. The number of nitrogens with two attached hydrogens (primary N) is 1. The average molecular weight is 387 g/mol. The fraction of sp³-hybridized carbons (Fsp3) is 0.500. The summed E-state index contributed by atoms with van der Waals surface area (Å²) in [5.41, 5.74) is 5.76. The normalized spacial score (nSPS) is 18.0. The number of nitriles is 1. The van der Waals surface area contributed by atoms with Crippen molar-refractivity contribution in [3.63, 3.8) is 0 Å². The summed E-state index contributed by atoms with van der Waals surface area (Å²) < 4.78 is 27.2. The Morgan fingerprint density at radius 3 is 2.60 bits per heavy atom. The van der Waals surface area contributed by atoms with E-state index in [1.807, 2.05) is 6.07 Å². The summed E-state index contributed by atoms with van der Waals surface area (Å²) in [7, 11) is -3.65. The second-order valence-electron chi connectivity index (χ2n) is 5.74. The van der Waals surface area contributed by atoms with Crippen molar-refractivity contribution in [2.45, 2.75) is 36.6 Å². The van der Waals surface area contributed by atoms with E-state index in [0.29, 0.717) is 18.5 Å². The molecule has 0 saturated carbocycles. The van der Waals surface area contributed by atoms with Crippen LogP contribution in [0.15, 0.2) is 29.2 Å². The predicted molar refractivity (Wildman–Crippen MR) is 96.6 cm³/mol. The molecule has 0 aliphatic carbocycles. The number of rotatable bonds is 6. The molecule has 1 saturated heterocycles. The van der Waals surface area contributed by atoms with E-state index >= 15 is 0 Å². The zero-order valence-electron chi connectivity index (χ0n) is 13.8. The minimum atomic E-state index is -3.65. The lowest BCUT2D eigenvalue weighted by Crippen LogP contribution is -2.49. The van der Waals surface area contributed by atoms with E-state index in [4.69, 9.17) is 11.0 Å². The van der Waals surface area contributed by atoms with Crippen LogP contribution in [0.3, 0.4) is 0 Å². The number of halogens is 1. The maximum Gasteiger partial charge on any atom is 0.243 e. The summed E-state index contributed by atoms with van der Waals surface area (Å²) in [6, 6.07) is 7.60. The minimum absolute atomic E-state index is 0. The van der Waals surface area contributed by atoms with Crippen LogP contribution in [0, 0.1) is 11.3 Å². The molecule has 25 heavy (non-hydrogen) atoms. The highest BCUT2D eigenvalue weighted by Crippen LogP contribution is 2.25. The molecular formula is C16H23ClN4O3S. The number of amides is 1. The van der Waals surface area contributed by atoms with E-state index in [9.17, 15) is 13.2 Å². The van der Waals surface area contributed by atoms with Crippen LogP contribution in [0.1, 0.15) is 31.2 Å². The van der Waals surface area contributed by atoms with Crippen molar-refractivity contribution < 1.29 is 13.2 Å².